The van der Waals surface area contributed by atoms with Gasteiger partial charge in [-0.3, -0.25) is 0 Å². The summed E-state index contributed by atoms with van der Waals surface area (Å²) in [6, 6.07) is -0.152. The standard InChI is InChI=1S/C8H15N3O/c1-4-8(2,3)6(9)7-10-5-12-11-7/h5-6H,4,9H2,1-3H3. The summed E-state index contributed by atoms with van der Waals surface area (Å²) in [6.45, 7) is 6.28. The summed E-state index contributed by atoms with van der Waals surface area (Å²) in [5.74, 6) is 0.585. The monoisotopic (exact) mass is 169 g/mol. The molecule has 1 heterocycles. The van der Waals surface area contributed by atoms with Crippen LogP contribution in [0, 0.1) is 5.41 Å². The van der Waals surface area contributed by atoms with Crippen LogP contribution in [0.4, 0.5) is 0 Å². The molecule has 1 atom stereocenters. The van der Waals surface area contributed by atoms with Crippen LogP contribution in [-0.4, -0.2) is 10.1 Å². The molecule has 0 bridgehead atoms. The molecule has 0 saturated heterocycles. The van der Waals surface area contributed by atoms with Gasteiger partial charge in [-0.25, -0.2) is 0 Å². The van der Waals surface area contributed by atoms with E-state index in [1.807, 2.05) is 0 Å². The summed E-state index contributed by atoms with van der Waals surface area (Å²) >= 11 is 0. The lowest BCUT2D eigenvalue weighted by atomic mass is 9.82. The number of hydrogen-bond acceptors (Lipinski definition) is 4. The van der Waals surface area contributed by atoms with Crippen molar-refractivity contribution in [1.82, 2.24) is 10.1 Å². The fraction of sp³-hybridized carbons (Fsp3) is 0.750. The Hall–Kier alpha value is -0.900. The van der Waals surface area contributed by atoms with Gasteiger partial charge in [0.2, 0.25) is 6.39 Å². The predicted octanol–water partition coefficient (Wildman–Crippen LogP) is 1.51. The lowest BCUT2D eigenvalue weighted by Gasteiger charge is -2.27. The maximum atomic E-state index is 5.94. The number of rotatable bonds is 3. The second-order valence-electron chi connectivity index (χ2n) is 3.61. The van der Waals surface area contributed by atoms with Gasteiger partial charge in [-0.1, -0.05) is 25.9 Å². The second-order valence-corrected chi connectivity index (χ2v) is 3.61. The summed E-state index contributed by atoms with van der Waals surface area (Å²) in [6.07, 6.45) is 2.30. The van der Waals surface area contributed by atoms with Crippen LogP contribution in [0.5, 0.6) is 0 Å². The molecule has 4 heteroatoms. The molecule has 1 aromatic rings. The number of aromatic nitrogens is 2. The third-order valence-corrected chi connectivity index (χ3v) is 2.41. The molecule has 12 heavy (non-hydrogen) atoms. The number of nitrogens with zero attached hydrogens (tertiary/aromatic N) is 2. The number of nitrogens with two attached hydrogens (primary N) is 1. The van der Waals surface area contributed by atoms with E-state index in [9.17, 15) is 0 Å². The smallest absolute Gasteiger partial charge is 0.213 e. The molecule has 0 spiro atoms. The van der Waals surface area contributed by atoms with E-state index in [1.165, 1.54) is 6.39 Å². The summed E-state index contributed by atoms with van der Waals surface area (Å²) in [5, 5.41) is 3.72. The third-order valence-electron chi connectivity index (χ3n) is 2.41. The van der Waals surface area contributed by atoms with Crippen molar-refractivity contribution in [3.63, 3.8) is 0 Å². The van der Waals surface area contributed by atoms with E-state index in [2.05, 4.69) is 35.4 Å². The Kier molecular flexibility index (Phi) is 2.47. The first-order chi connectivity index (χ1) is 5.58. The highest BCUT2D eigenvalue weighted by molar-refractivity contribution is 4.95. The average molecular weight is 169 g/mol. The fourth-order valence-electron chi connectivity index (χ4n) is 0.885. The van der Waals surface area contributed by atoms with Gasteiger partial charge in [0, 0.05) is 0 Å². The predicted molar refractivity (Wildman–Crippen MR) is 45.3 cm³/mol. The molecular weight excluding hydrogens is 154 g/mol. The maximum Gasteiger partial charge on any atom is 0.213 e. The molecule has 0 aromatic carbocycles. The van der Waals surface area contributed by atoms with Crippen molar-refractivity contribution < 1.29 is 4.52 Å². The van der Waals surface area contributed by atoms with Gasteiger partial charge in [-0.05, 0) is 11.8 Å². The highest BCUT2D eigenvalue weighted by Crippen LogP contribution is 2.32. The molecule has 0 radical (unpaired) electrons. The van der Waals surface area contributed by atoms with Crippen LogP contribution >= 0.6 is 0 Å². The van der Waals surface area contributed by atoms with Crippen LogP contribution in [-0.2, 0) is 0 Å². The van der Waals surface area contributed by atoms with Crippen molar-refractivity contribution in [3.05, 3.63) is 12.2 Å². The summed E-state index contributed by atoms with van der Waals surface area (Å²) in [4.78, 5) is 3.93. The molecule has 0 amide bonds. The fourth-order valence-corrected chi connectivity index (χ4v) is 0.885. The van der Waals surface area contributed by atoms with E-state index in [0.29, 0.717) is 5.82 Å². The van der Waals surface area contributed by atoms with Crippen molar-refractivity contribution in [3.8, 4) is 0 Å². The van der Waals surface area contributed by atoms with Crippen LogP contribution in [0.1, 0.15) is 39.1 Å². The van der Waals surface area contributed by atoms with Gasteiger partial charge in [-0.15, -0.1) is 0 Å². The zero-order valence-corrected chi connectivity index (χ0v) is 7.74. The zero-order valence-electron chi connectivity index (χ0n) is 7.74. The van der Waals surface area contributed by atoms with Gasteiger partial charge in [0.25, 0.3) is 0 Å². The van der Waals surface area contributed by atoms with E-state index in [1.54, 1.807) is 0 Å². The first kappa shape index (κ1) is 9.19. The van der Waals surface area contributed by atoms with Crippen molar-refractivity contribution >= 4 is 0 Å². The first-order valence-electron chi connectivity index (χ1n) is 4.10. The van der Waals surface area contributed by atoms with Crippen molar-refractivity contribution in [2.75, 3.05) is 0 Å². The molecule has 4 nitrogen and oxygen atoms in total. The second kappa shape index (κ2) is 3.23. The lowest BCUT2D eigenvalue weighted by molar-refractivity contribution is 0.262. The van der Waals surface area contributed by atoms with E-state index >= 15 is 0 Å². The summed E-state index contributed by atoms with van der Waals surface area (Å²) < 4.78 is 4.63. The van der Waals surface area contributed by atoms with Crippen LogP contribution in [0.25, 0.3) is 0 Å². The molecule has 1 aromatic heterocycles. The Morgan fingerprint density at radius 3 is 2.75 bits per heavy atom. The lowest BCUT2D eigenvalue weighted by Crippen LogP contribution is -2.29. The van der Waals surface area contributed by atoms with Crippen molar-refractivity contribution in [1.29, 1.82) is 0 Å². The molecule has 68 valence electrons. The molecule has 2 N–H and O–H groups in total. The SMILES string of the molecule is CCC(C)(C)C(N)c1ncon1. The van der Waals surface area contributed by atoms with Gasteiger partial charge in [-0.2, -0.15) is 4.98 Å². The molecule has 1 unspecified atom stereocenters. The molecule has 0 aliphatic heterocycles. The Balaban J connectivity index is 2.78. The van der Waals surface area contributed by atoms with E-state index in [-0.39, 0.29) is 11.5 Å². The third kappa shape index (κ3) is 1.64. The topological polar surface area (TPSA) is 64.9 Å². The average Bonchev–Trinajstić information content (AvgIpc) is 2.55. The highest BCUT2D eigenvalue weighted by atomic mass is 16.5. The summed E-state index contributed by atoms with van der Waals surface area (Å²) in [7, 11) is 0. The van der Waals surface area contributed by atoms with Crippen molar-refractivity contribution in [2.45, 2.75) is 33.2 Å². The molecular formula is C8H15N3O. The van der Waals surface area contributed by atoms with Gasteiger partial charge < -0.3 is 10.3 Å². The van der Waals surface area contributed by atoms with Crippen LogP contribution in [0.3, 0.4) is 0 Å². The molecule has 0 aliphatic carbocycles. The maximum absolute atomic E-state index is 5.94. The minimum Gasteiger partial charge on any atom is -0.343 e. The van der Waals surface area contributed by atoms with E-state index < -0.39 is 0 Å². The minimum absolute atomic E-state index is 0.0177. The Bertz CT molecular complexity index is 230. The quantitative estimate of drug-likeness (QED) is 0.744. The Morgan fingerprint density at radius 1 is 1.67 bits per heavy atom. The van der Waals surface area contributed by atoms with E-state index in [4.69, 9.17) is 5.73 Å². The minimum atomic E-state index is -0.152. The van der Waals surface area contributed by atoms with E-state index in [0.717, 1.165) is 6.42 Å². The highest BCUT2D eigenvalue weighted by Gasteiger charge is 2.28. The van der Waals surface area contributed by atoms with Crippen LogP contribution in [0.15, 0.2) is 10.9 Å². The largest absolute Gasteiger partial charge is 0.343 e. The van der Waals surface area contributed by atoms with Crippen LogP contribution in [0.2, 0.25) is 0 Å². The zero-order chi connectivity index (χ0) is 9.19. The normalized spacial score (nSPS) is 14.7. The van der Waals surface area contributed by atoms with Gasteiger partial charge in [0.1, 0.15) is 0 Å². The van der Waals surface area contributed by atoms with Gasteiger partial charge in [0.05, 0.1) is 6.04 Å². The Morgan fingerprint density at radius 2 is 2.33 bits per heavy atom. The van der Waals surface area contributed by atoms with Crippen molar-refractivity contribution in [2.24, 2.45) is 11.1 Å². The van der Waals surface area contributed by atoms with Gasteiger partial charge >= 0.3 is 0 Å². The Labute approximate surface area is 72.1 Å². The molecule has 0 saturated carbocycles. The van der Waals surface area contributed by atoms with Gasteiger partial charge in [0.15, 0.2) is 5.82 Å². The van der Waals surface area contributed by atoms with Crippen LogP contribution < -0.4 is 5.73 Å². The first-order valence-corrected chi connectivity index (χ1v) is 4.10. The number of hydrogen-bond donors (Lipinski definition) is 1. The molecule has 0 fully saturated rings. The molecule has 0 aliphatic rings. The molecule has 1 rings (SSSR count). The summed E-state index contributed by atoms with van der Waals surface area (Å²) in [5.41, 5.74) is 5.96.